The van der Waals surface area contributed by atoms with Crippen molar-refractivity contribution in [2.75, 3.05) is 6.54 Å². The molecule has 1 unspecified atom stereocenters. The highest BCUT2D eigenvalue weighted by Crippen LogP contribution is 2.47. The van der Waals surface area contributed by atoms with Gasteiger partial charge in [0.05, 0.1) is 5.60 Å². The summed E-state index contributed by atoms with van der Waals surface area (Å²) in [5, 5.41) is 11.6. The molecule has 2 heterocycles. The van der Waals surface area contributed by atoms with Gasteiger partial charge in [0.1, 0.15) is 10.3 Å². The smallest absolute Gasteiger partial charge is 0.272 e. The Morgan fingerprint density at radius 3 is 2.65 bits per heavy atom. The molecule has 2 aromatic rings. The summed E-state index contributed by atoms with van der Waals surface area (Å²) >= 11 is 3.35. The van der Waals surface area contributed by atoms with Crippen molar-refractivity contribution < 1.29 is 9.90 Å². The second-order valence-corrected chi connectivity index (χ2v) is 8.16. The first-order valence-corrected chi connectivity index (χ1v) is 10.1. The molecule has 1 aromatic heterocycles. The Morgan fingerprint density at radius 2 is 1.88 bits per heavy atom. The van der Waals surface area contributed by atoms with Gasteiger partial charge in [-0.15, -0.1) is 0 Å². The first-order valence-electron chi connectivity index (χ1n) is 9.31. The quantitative estimate of drug-likeness (QED) is 0.751. The lowest BCUT2D eigenvalue weighted by Crippen LogP contribution is -2.59. The van der Waals surface area contributed by atoms with Crippen molar-refractivity contribution in [1.82, 2.24) is 9.88 Å². The van der Waals surface area contributed by atoms with Crippen molar-refractivity contribution in [3.8, 4) is 0 Å². The van der Waals surface area contributed by atoms with Gasteiger partial charge < -0.3 is 10.0 Å². The maximum absolute atomic E-state index is 13.1. The minimum Gasteiger partial charge on any atom is -0.385 e. The van der Waals surface area contributed by atoms with Gasteiger partial charge in [0, 0.05) is 18.5 Å². The maximum atomic E-state index is 13.1. The number of rotatable bonds is 2. The molecule has 1 amide bonds. The number of carbonyl (C=O) groups excluding carboxylic acids is 1. The number of carbonyl (C=O) groups is 1. The molecule has 3 atom stereocenters. The van der Waals surface area contributed by atoms with E-state index < -0.39 is 5.60 Å². The van der Waals surface area contributed by atoms with Crippen LogP contribution in [0.25, 0.3) is 0 Å². The van der Waals surface area contributed by atoms with Crippen LogP contribution in [-0.4, -0.2) is 33.5 Å². The summed E-state index contributed by atoms with van der Waals surface area (Å²) in [7, 11) is 0. The van der Waals surface area contributed by atoms with Gasteiger partial charge in [-0.25, -0.2) is 4.98 Å². The largest absolute Gasteiger partial charge is 0.385 e. The third kappa shape index (κ3) is 3.08. The molecule has 1 aromatic carbocycles. The number of fused-ring (bicyclic) bond motifs is 1. The molecule has 1 aliphatic carbocycles. The number of aromatic nitrogens is 1. The fourth-order valence-electron chi connectivity index (χ4n) is 4.70. The van der Waals surface area contributed by atoms with Crippen LogP contribution < -0.4 is 0 Å². The molecule has 0 radical (unpaired) electrons. The minimum absolute atomic E-state index is 0.0293. The van der Waals surface area contributed by atoms with E-state index in [1.807, 2.05) is 47.4 Å². The predicted molar refractivity (Wildman–Crippen MR) is 104 cm³/mol. The van der Waals surface area contributed by atoms with Gasteiger partial charge in [0.2, 0.25) is 0 Å². The lowest BCUT2D eigenvalue weighted by Gasteiger charge is -2.52. The highest BCUT2D eigenvalue weighted by Gasteiger charge is 2.50. The van der Waals surface area contributed by atoms with E-state index in [0.717, 1.165) is 31.2 Å². The number of hydrogen-bond donors (Lipinski definition) is 1. The zero-order valence-corrected chi connectivity index (χ0v) is 16.2. The standard InChI is InChI=1S/C21H23BrN2O2/c22-19-12-6-10-17(23-19)20(25)24-14-13-21(26,15-7-2-1-3-8-15)16-9-4-5-11-18(16)24/h1-3,6-8,10,12,16,18,26H,4-5,9,11,13-14H2/t16-,18?,21-/m1/s1. The van der Waals surface area contributed by atoms with Crippen molar-refractivity contribution in [2.24, 2.45) is 5.92 Å². The van der Waals surface area contributed by atoms with Crippen molar-refractivity contribution in [3.05, 3.63) is 64.4 Å². The normalized spacial score (nSPS) is 28.5. The van der Waals surface area contributed by atoms with E-state index in [-0.39, 0.29) is 17.9 Å². The Kier molecular flexibility index (Phi) is 4.84. The summed E-state index contributed by atoms with van der Waals surface area (Å²) in [6.07, 6.45) is 4.67. The Hall–Kier alpha value is -1.72. The highest BCUT2D eigenvalue weighted by atomic mass is 79.9. The van der Waals surface area contributed by atoms with Crippen LogP contribution in [0.5, 0.6) is 0 Å². The molecule has 2 aliphatic rings. The lowest BCUT2D eigenvalue weighted by atomic mass is 9.66. The van der Waals surface area contributed by atoms with Crippen LogP contribution in [0.15, 0.2) is 53.1 Å². The van der Waals surface area contributed by atoms with E-state index in [1.165, 1.54) is 0 Å². The molecule has 5 heteroatoms. The monoisotopic (exact) mass is 414 g/mol. The Morgan fingerprint density at radius 1 is 1.12 bits per heavy atom. The summed E-state index contributed by atoms with van der Waals surface area (Å²) in [5.41, 5.74) is 0.590. The first-order chi connectivity index (χ1) is 12.6. The molecule has 4 nitrogen and oxygen atoms in total. The van der Waals surface area contributed by atoms with Gasteiger partial charge in [0.25, 0.3) is 5.91 Å². The van der Waals surface area contributed by atoms with E-state index in [9.17, 15) is 9.90 Å². The van der Waals surface area contributed by atoms with Gasteiger partial charge in [-0.3, -0.25) is 4.79 Å². The Balaban J connectivity index is 1.66. The summed E-state index contributed by atoms with van der Waals surface area (Å²) in [5.74, 6) is 0.0433. The van der Waals surface area contributed by atoms with Gasteiger partial charge in [-0.1, -0.05) is 49.2 Å². The number of likely N-dealkylation sites (tertiary alicyclic amines) is 1. The SMILES string of the molecule is O=C(c1cccc(Br)n1)N1CC[C@@](O)(c2ccccc2)[C@@H]2CCCCC21. The summed E-state index contributed by atoms with van der Waals surface area (Å²) in [6, 6.07) is 15.5. The number of nitrogens with zero attached hydrogens (tertiary/aromatic N) is 2. The predicted octanol–water partition coefficient (Wildman–Crippen LogP) is 4.14. The molecule has 4 rings (SSSR count). The number of benzene rings is 1. The van der Waals surface area contributed by atoms with Crippen LogP contribution in [0.3, 0.4) is 0 Å². The zero-order chi connectivity index (χ0) is 18.1. The van der Waals surface area contributed by atoms with Crippen LogP contribution in [0, 0.1) is 5.92 Å². The summed E-state index contributed by atoms with van der Waals surface area (Å²) in [4.78, 5) is 19.4. The molecule has 1 saturated heterocycles. The molecule has 1 N–H and O–H groups in total. The third-order valence-corrected chi connectivity index (χ3v) is 6.39. The molecule has 0 spiro atoms. The molecular formula is C21H23BrN2O2. The van der Waals surface area contributed by atoms with Gasteiger partial charge in [0.15, 0.2) is 0 Å². The van der Waals surface area contributed by atoms with Crippen molar-refractivity contribution in [3.63, 3.8) is 0 Å². The fraction of sp³-hybridized carbons (Fsp3) is 0.429. The van der Waals surface area contributed by atoms with E-state index >= 15 is 0 Å². The maximum Gasteiger partial charge on any atom is 0.272 e. The number of piperidine rings is 1. The number of amides is 1. The lowest BCUT2D eigenvalue weighted by molar-refractivity contribution is -0.110. The fourth-order valence-corrected chi connectivity index (χ4v) is 5.04. The first kappa shape index (κ1) is 17.7. The minimum atomic E-state index is -0.853. The number of halogens is 1. The average molecular weight is 415 g/mol. The van der Waals surface area contributed by atoms with Gasteiger partial charge >= 0.3 is 0 Å². The Bertz CT molecular complexity index is 798. The second-order valence-electron chi connectivity index (χ2n) is 7.34. The van der Waals surface area contributed by atoms with Crippen LogP contribution >= 0.6 is 15.9 Å². The molecule has 1 saturated carbocycles. The number of hydrogen-bond acceptors (Lipinski definition) is 3. The topological polar surface area (TPSA) is 53.4 Å². The van der Waals surface area contributed by atoms with Crippen LogP contribution in [-0.2, 0) is 5.60 Å². The van der Waals surface area contributed by atoms with Gasteiger partial charge in [-0.05, 0) is 52.9 Å². The third-order valence-electron chi connectivity index (χ3n) is 5.95. The van der Waals surface area contributed by atoms with Crippen molar-refractivity contribution >= 4 is 21.8 Å². The van der Waals surface area contributed by atoms with E-state index in [1.54, 1.807) is 6.07 Å². The van der Waals surface area contributed by atoms with Crippen molar-refractivity contribution in [2.45, 2.75) is 43.7 Å². The van der Waals surface area contributed by atoms with E-state index in [2.05, 4.69) is 20.9 Å². The molecular weight excluding hydrogens is 392 g/mol. The van der Waals surface area contributed by atoms with Crippen LogP contribution in [0.4, 0.5) is 0 Å². The van der Waals surface area contributed by atoms with Crippen LogP contribution in [0.2, 0.25) is 0 Å². The molecule has 2 fully saturated rings. The van der Waals surface area contributed by atoms with E-state index in [0.29, 0.717) is 23.3 Å². The number of aliphatic hydroxyl groups is 1. The molecule has 0 bridgehead atoms. The molecule has 1 aliphatic heterocycles. The van der Waals surface area contributed by atoms with Crippen LogP contribution in [0.1, 0.15) is 48.2 Å². The average Bonchev–Trinajstić information content (AvgIpc) is 2.69. The second kappa shape index (κ2) is 7.12. The van der Waals surface area contributed by atoms with Gasteiger partial charge in [-0.2, -0.15) is 0 Å². The molecule has 26 heavy (non-hydrogen) atoms. The molecule has 136 valence electrons. The van der Waals surface area contributed by atoms with E-state index in [4.69, 9.17) is 0 Å². The van der Waals surface area contributed by atoms with Crippen molar-refractivity contribution in [1.29, 1.82) is 0 Å². The summed E-state index contributed by atoms with van der Waals surface area (Å²) in [6.45, 7) is 0.555. The number of pyridine rings is 1. The zero-order valence-electron chi connectivity index (χ0n) is 14.6. The summed E-state index contributed by atoms with van der Waals surface area (Å²) < 4.78 is 0.668. The Labute approximate surface area is 162 Å². The highest BCUT2D eigenvalue weighted by molar-refractivity contribution is 9.10.